The first-order valence-corrected chi connectivity index (χ1v) is 9.81. The number of hydrogen-bond acceptors (Lipinski definition) is 8. The molecule has 0 fully saturated rings. The zero-order chi connectivity index (χ0) is 24.3. The van der Waals surface area contributed by atoms with Gasteiger partial charge in [-0.05, 0) is 29.6 Å². The van der Waals surface area contributed by atoms with E-state index in [4.69, 9.17) is 53.0 Å². The Morgan fingerprint density at radius 3 is 2.31 bits per heavy atom. The average Bonchev–Trinajstić information content (AvgIpc) is 3.17. The zero-order valence-electron chi connectivity index (χ0n) is 15.8. The first-order chi connectivity index (χ1) is 15.0. The summed E-state index contributed by atoms with van der Waals surface area (Å²) in [5.41, 5.74) is 0.477. The van der Waals surface area contributed by atoms with Crippen LogP contribution in [0.25, 0.3) is 0 Å². The van der Waals surface area contributed by atoms with Gasteiger partial charge < -0.3 is 25.6 Å². The molecule has 2 rings (SSSR count). The molecule has 1 heterocycles. The molecule has 0 spiro atoms. The Bertz CT molecular complexity index is 1070. The number of nitrogens with zero attached hydrogens (tertiary/aromatic N) is 1. The van der Waals surface area contributed by atoms with Crippen molar-refractivity contribution in [2.75, 3.05) is 18.5 Å². The number of carboxylic acids is 2. The summed E-state index contributed by atoms with van der Waals surface area (Å²) in [6, 6.07) is 7.80. The predicted molar refractivity (Wildman–Crippen MR) is 113 cm³/mol. The molecule has 0 atom stereocenters. The minimum absolute atomic E-state index is 0.145. The molecule has 14 heteroatoms. The Labute approximate surface area is 194 Å². The van der Waals surface area contributed by atoms with E-state index in [-0.39, 0.29) is 10.6 Å². The van der Waals surface area contributed by atoms with Gasteiger partial charge in [-0.25, -0.2) is 9.59 Å². The highest BCUT2D eigenvalue weighted by atomic mass is 35.5. The summed E-state index contributed by atoms with van der Waals surface area (Å²) in [6.07, 6.45) is 0. The van der Waals surface area contributed by atoms with Crippen LogP contribution in [-0.2, 0) is 23.9 Å². The fourth-order valence-corrected chi connectivity index (χ4v) is 3.02. The fraction of sp³-hybridized carbons (Fsp3) is 0.111. The van der Waals surface area contributed by atoms with E-state index in [0.717, 1.165) is 0 Å². The number of carbonyl (C=O) groups is 5. The van der Waals surface area contributed by atoms with Crippen LogP contribution in [0.5, 0.6) is 0 Å². The lowest BCUT2D eigenvalue weighted by molar-refractivity contribution is -0.159. The lowest BCUT2D eigenvalue weighted by Gasteiger charge is -2.08. The summed E-state index contributed by atoms with van der Waals surface area (Å²) >= 11 is 12.8. The third-order valence-electron chi connectivity index (χ3n) is 3.15. The van der Waals surface area contributed by atoms with Crippen molar-refractivity contribution < 1.29 is 38.9 Å². The molecule has 0 bridgehead atoms. The van der Waals surface area contributed by atoms with E-state index in [1.165, 1.54) is 29.5 Å². The molecule has 11 nitrogen and oxygen atoms in total. The molecule has 0 saturated carbocycles. The van der Waals surface area contributed by atoms with Gasteiger partial charge in [0.25, 0.3) is 11.8 Å². The van der Waals surface area contributed by atoms with Gasteiger partial charge in [0.05, 0.1) is 16.1 Å². The van der Waals surface area contributed by atoms with E-state index < -0.39 is 42.9 Å². The van der Waals surface area contributed by atoms with Crippen LogP contribution in [0.3, 0.4) is 0 Å². The molecule has 1 aromatic carbocycles. The Hall–Kier alpha value is -3.66. The molecule has 2 amide bonds. The zero-order valence-corrected chi connectivity index (χ0v) is 18.1. The normalized spacial score (nSPS) is 9.41. The van der Waals surface area contributed by atoms with Crippen molar-refractivity contribution in [2.24, 2.45) is 0 Å². The molecule has 4 N–H and O–H groups in total. The number of nitrogens with one attached hydrogen (secondary N) is 2. The highest BCUT2D eigenvalue weighted by Crippen LogP contribution is 2.22. The topological polar surface area (TPSA) is 183 Å². The van der Waals surface area contributed by atoms with Crippen molar-refractivity contribution in [1.29, 1.82) is 5.26 Å². The molecule has 1 aromatic heterocycles. The molecule has 0 aliphatic carbocycles. The number of aliphatic carboxylic acids is 2. The van der Waals surface area contributed by atoms with Gasteiger partial charge in [-0.2, -0.15) is 5.26 Å². The van der Waals surface area contributed by atoms with Crippen LogP contribution in [0.4, 0.5) is 5.00 Å². The van der Waals surface area contributed by atoms with E-state index in [2.05, 4.69) is 10.6 Å². The lowest BCUT2D eigenvalue weighted by Crippen LogP contribution is -2.32. The van der Waals surface area contributed by atoms with Crippen molar-refractivity contribution in [3.8, 4) is 6.07 Å². The molecule has 0 radical (unpaired) electrons. The maximum Gasteiger partial charge on any atom is 0.414 e. The summed E-state index contributed by atoms with van der Waals surface area (Å²) in [7, 11) is 0. The summed E-state index contributed by atoms with van der Waals surface area (Å²) < 4.78 is 4.76. The van der Waals surface area contributed by atoms with Crippen LogP contribution in [0.15, 0.2) is 29.6 Å². The molecule has 0 saturated heterocycles. The monoisotopic (exact) mass is 501 g/mol. The number of ether oxygens (including phenoxy) is 1. The predicted octanol–water partition coefficient (Wildman–Crippen LogP) is 1.99. The number of anilines is 1. The third-order valence-corrected chi connectivity index (χ3v) is 4.53. The molecule has 2 aromatic rings. The van der Waals surface area contributed by atoms with Gasteiger partial charge in [0.1, 0.15) is 17.6 Å². The minimum atomic E-state index is -1.82. The van der Waals surface area contributed by atoms with Crippen LogP contribution in [-0.4, -0.2) is 53.1 Å². The summed E-state index contributed by atoms with van der Waals surface area (Å²) in [6.45, 7) is -0.979. The number of benzene rings is 1. The minimum Gasteiger partial charge on any atom is -0.473 e. The van der Waals surface area contributed by atoms with Gasteiger partial charge in [0, 0.05) is 5.02 Å². The van der Waals surface area contributed by atoms with Gasteiger partial charge in [-0.1, -0.05) is 23.2 Å². The highest BCUT2D eigenvalue weighted by Gasteiger charge is 2.14. The molecule has 0 unspecified atom stereocenters. The number of hydrogen-bond donors (Lipinski definition) is 4. The Morgan fingerprint density at radius 2 is 1.75 bits per heavy atom. The van der Waals surface area contributed by atoms with Gasteiger partial charge >= 0.3 is 17.9 Å². The molecule has 0 aliphatic rings. The maximum atomic E-state index is 11.9. The largest absolute Gasteiger partial charge is 0.473 e. The van der Waals surface area contributed by atoms with Crippen molar-refractivity contribution >= 4 is 69.3 Å². The Kier molecular flexibility index (Phi) is 10.6. The van der Waals surface area contributed by atoms with Gasteiger partial charge in [-0.3, -0.25) is 14.4 Å². The van der Waals surface area contributed by atoms with Crippen molar-refractivity contribution in [2.45, 2.75) is 0 Å². The fourth-order valence-electron chi connectivity index (χ4n) is 1.78. The van der Waals surface area contributed by atoms with Crippen molar-refractivity contribution in [3.63, 3.8) is 0 Å². The van der Waals surface area contributed by atoms with E-state index in [1.807, 2.05) is 6.07 Å². The van der Waals surface area contributed by atoms with Gasteiger partial charge in [0.15, 0.2) is 6.61 Å². The van der Waals surface area contributed by atoms with E-state index in [1.54, 1.807) is 11.4 Å². The molecular formula is C18H13Cl2N3O8S. The first kappa shape index (κ1) is 26.4. The molecule has 32 heavy (non-hydrogen) atoms. The van der Waals surface area contributed by atoms with Crippen LogP contribution in [0.2, 0.25) is 10.0 Å². The van der Waals surface area contributed by atoms with E-state index >= 15 is 0 Å². The standard InChI is InChI=1S/C16H11Cl2N3O4S.C2H2O4/c17-10-1-2-11(12(18)5-10)15(24)20-7-14(23)25-8-13(22)21-16-9(6-19)3-4-26-16;3-1(4)2(5)6/h1-5H,7-8H2,(H,20,24)(H,21,22);(H,3,4)(H,5,6). The second kappa shape index (κ2) is 12.9. The van der Waals surface area contributed by atoms with Crippen LogP contribution in [0, 0.1) is 11.3 Å². The summed E-state index contributed by atoms with van der Waals surface area (Å²) in [5, 5.41) is 31.0. The highest BCUT2D eigenvalue weighted by molar-refractivity contribution is 7.14. The average molecular weight is 502 g/mol. The maximum absolute atomic E-state index is 11.9. The van der Waals surface area contributed by atoms with E-state index in [0.29, 0.717) is 15.6 Å². The number of amides is 2. The number of nitriles is 1. The molecule has 168 valence electrons. The molecule has 0 aliphatic heterocycles. The Morgan fingerprint density at radius 1 is 1.09 bits per heavy atom. The summed E-state index contributed by atoms with van der Waals surface area (Å²) in [4.78, 5) is 53.5. The number of esters is 1. The first-order valence-electron chi connectivity index (χ1n) is 8.17. The SMILES string of the molecule is N#Cc1ccsc1NC(=O)COC(=O)CNC(=O)c1ccc(Cl)cc1Cl.O=C(O)C(=O)O. The van der Waals surface area contributed by atoms with Crippen molar-refractivity contribution in [3.05, 3.63) is 50.8 Å². The smallest absolute Gasteiger partial charge is 0.414 e. The van der Waals surface area contributed by atoms with Crippen molar-refractivity contribution in [1.82, 2.24) is 5.32 Å². The second-order valence-corrected chi connectivity index (χ2v) is 7.16. The quantitative estimate of drug-likeness (QED) is 0.339. The Balaban J connectivity index is 0.000000751. The van der Waals surface area contributed by atoms with E-state index in [9.17, 15) is 14.4 Å². The number of carbonyl (C=O) groups excluding carboxylic acids is 3. The van der Waals surface area contributed by atoms with Crippen LogP contribution in [0.1, 0.15) is 15.9 Å². The number of thiophene rings is 1. The van der Waals surface area contributed by atoms with Crippen LogP contribution < -0.4 is 10.6 Å². The summed E-state index contributed by atoms with van der Waals surface area (Å²) in [5.74, 6) is -5.62. The second-order valence-electron chi connectivity index (χ2n) is 5.40. The van der Waals surface area contributed by atoms with Gasteiger partial charge in [0.2, 0.25) is 0 Å². The number of carboxylic acid groups (broad SMARTS) is 2. The lowest BCUT2D eigenvalue weighted by atomic mass is 10.2. The van der Waals surface area contributed by atoms with Crippen LogP contribution >= 0.6 is 34.5 Å². The third kappa shape index (κ3) is 9.00. The van der Waals surface area contributed by atoms with Gasteiger partial charge in [-0.15, -0.1) is 11.3 Å². The number of rotatable bonds is 6. The molecular weight excluding hydrogens is 489 g/mol. The number of halogens is 2.